The summed E-state index contributed by atoms with van der Waals surface area (Å²) in [6.07, 6.45) is 0. The molecule has 2 aromatic carbocycles. The Kier molecular flexibility index (Phi) is 3.46. The summed E-state index contributed by atoms with van der Waals surface area (Å²) in [5, 5.41) is 0. The van der Waals surface area contributed by atoms with Crippen LogP contribution in [0.3, 0.4) is 0 Å². The summed E-state index contributed by atoms with van der Waals surface area (Å²) < 4.78 is 28.1. The van der Waals surface area contributed by atoms with Crippen LogP contribution in [0.5, 0.6) is 0 Å². The van der Waals surface area contributed by atoms with Gasteiger partial charge in [0.05, 0.1) is 15.9 Å². The molecule has 0 saturated heterocycles. The number of anilines is 1. The van der Waals surface area contributed by atoms with Crippen molar-refractivity contribution in [2.24, 2.45) is 0 Å². The van der Waals surface area contributed by atoms with Crippen LogP contribution >= 0.6 is 15.9 Å². The van der Waals surface area contributed by atoms with E-state index in [4.69, 9.17) is 0 Å². The molecule has 0 fully saturated rings. The Morgan fingerprint density at radius 3 is 2.71 bits per heavy atom. The van der Waals surface area contributed by atoms with Crippen molar-refractivity contribution in [1.82, 2.24) is 9.97 Å². The third kappa shape index (κ3) is 2.79. The molecule has 0 aliphatic rings. The predicted molar refractivity (Wildman–Crippen MR) is 85.8 cm³/mol. The number of aromatic nitrogens is 2. The molecule has 0 amide bonds. The van der Waals surface area contributed by atoms with Crippen molar-refractivity contribution in [2.75, 3.05) is 4.72 Å². The van der Waals surface area contributed by atoms with E-state index in [1.807, 2.05) is 24.3 Å². The third-order valence-corrected chi connectivity index (χ3v) is 5.03. The standard InChI is InChI=1S/C14H12BrN3O2S/c1-9-6-7-10(15)8-13(9)21(19,20)18-14-16-11-4-2-3-5-12(11)17-14/h2-8H,1H3,(H2,16,17,18). The van der Waals surface area contributed by atoms with Gasteiger partial charge in [-0.25, -0.2) is 18.1 Å². The summed E-state index contributed by atoms with van der Waals surface area (Å²) in [4.78, 5) is 7.38. The first-order valence-electron chi connectivity index (χ1n) is 6.19. The second-order valence-electron chi connectivity index (χ2n) is 4.62. The molecule has 0 radical (unpaired) electrons. The van der Waals surface area contributed by atoms with Gasteiger partial charge in [-0.1, -0.05) is 34.1 Å². The van der Waals surface area contributed by atoms with Crippen LogP contribution < -0.4 is 4.72 Å². The molecular weight excluding hydrogens is 354 g/mol. The number of halogens is 1. The second kappa shape index (κ2) is 5.16. The van der Waals surface area contributed by atoms with Gasteiger partial charge < -0.3 is 4.98 Å². The van der Waals surface area contributed by atoms with Gasteiger partial charge in [0.2, 0.25) is 5.95 Å². The topological polar surface area (TPSA) is 74.8 Å². The minimum absolute atomic E-state index is 0.204. The van der Waals surface area contributed by atoms with Gasteiger partial charge >= 0.3 is 0 Å². The minimum Gasteiger partial charge on any atom is -0.323 e. The SMILES string of the molecule is Cc1ccc(Br)cc1S(=O)(=O)Nc1nc2ccccc2[nH]1. The fourth-order valence-electron chi connectivity index (χ4n) is 2.05. The molecule has 21 heavy (non-hydrogen) atoms. The van der Waals surface area contributed by atoms with E-state index in [1.165, 1.54) is 0 Å². The summed E-state index contributed by atoms with van der Waals surface area (Å²) in [6.45, 7) is 1.75. The lowest BCUT2D eigenvalue weighted by atomic mass is 10.2. The van der Waals surface area contributed by atoms with Crippen LogP contribution in [0, 0.1) is 6.92 Å². The van der Waals surface area contributed by atoms with Crippen LogP contribution in [-0.4, -0.2) is 18.4 Å². The molecule has 0 unspecified atom stereocenters. The van der Waals surface area contributed by atoms with E-state index in [0.29, 0.717) is 15.6 Å². The summed E-state index contributed by atoms with van der Waals surface area (Å²) in [5.74, 6) is 0.204. The van der Waals surface area contributed by atoms with Crippen LogP contribution in [-0.2, 0) is 10.0 Å². The number of para-hydroxylation sites is 2. The fraction of sp³-hybridized carbons (Fsp3) is 0.0714. The first-order chi connectivity index (χ1) is 9.95. The average Bonchev–Trinajstić information content (AvgIpc) is 2.82. The van der Waals surface area contributed by atoms with Crippen molar-refractivity contribution in [2.45, 2.75) is 11.8 Å². The zero-order valence-electron chi connectivity index (χ0n) is 11.1. The summed E-state index contributed by atoms with van der Waals surface area (Å²) >= 11 is 3.29. The number of nitrogens with zero attached hydrogens (tertiary/aromatic N) is 1. The first kappa shape index (κ1) is 14.1. The van der Waals surface area contributed by atoms with Crippen LogP contribution in [0.2, 0.25) is 0 Å². The van der Waals surface area contributed by atoms with E-state index in [-0.39, 0.29) is 10.8 Å². The largest absolute Gasteiger partial charge is 0.323 e. The maximum absolute atomic E-state index is 12.5. The summed E-state index contributed by atoms with van der Waals surface area (Å²) in [7, 11) is -3.69. The molecule has 0 bridgehead atoms. The number of fused-ring (bicyclic) bond motifs is 1. The van der Waals surface area contributed by atoms with E-state index in [9.17, 15) is 8.42 Å². The van der Waals surface area contributed by atoms with Crippen LogP contribution in [0.4, 0.5) is 5.95 Å². The molecular formula is C14H12BrN3O2S. The molecule has 0 aliphatic heterocycles. The Bertz CT molecular complexity index is 886. The molecule has 0 saturated carbocycles. The van der Waals surface area contributed by atoms with Gasteiger partial charge in [-0.05, 0) is 36.8 Å². The van der Waals surface area contributed by atoms with Gasteiger partial charge in [0, 0.05) is 4.47 Å². The highest BCUT2D eigenvalue weighted by molar-refractivity contribution is 9.10. The number of hydrogen-bond acceptors (Lipinski definition) is 3. The Hall–Kier alpha value is -1.86. The second-order valence-corrected chi connectivity index (χ2v) is 7.18. The molecule has 3 aromatic rings. The van der Waals surface area contributed by atoms with Gasteiger partial charge in [-0.2, -0.15) is 0 Å². The molecule has 0 aliphatic carbocycles. The number of sulfonamides is 1. The highest BCUT2D eigenvalue weighted by Gasteiger charge is 2.19. The van der Waals surface area contributed by atoms with Gasteiger partial charge in [-0.3, -0.25) is 0 Å². The zero-order valence-corrected chi connectivity index (χ0v) is 13.5. The van der Waals surface area contributed by atoms with E-state index in [2.05, 4.69) is 30.6 Å². The lowest BCUT2D eigenvalue weighted by Crippen LogP contribution is -2.15. The zero-order chi connectivity index (χ0) is 15.0. The maximum atomic E-state index is 12.5. The molecule has 3 rings (SSSR count). The molecule has 108 valence electrons. The Morgan fingerprint density at radius 2 is 1.95 bits per heavy atom. The van der Waals surface area contributed by atoms with Gasteiger partial charge in [0.15, 0.2) is 0 Å². The van der Waals surface area contributed by atoms with Crippen molar-refractivity contribution < 1.29 is 8.42 Å². The van der Waals surface area contributed by atoms with E-state index in [0.717, 1.165) is 5.52 Å². The van der Waals surface area contributed by atoms with Crippen molar-refractivity contribution in [3.8, 4) is 0 Å². The summed E-state index contributed by atoms with van der Waals surface area (Å²) in [5.41, 5.74) is 2.16. The molecule has 1 heterocycles. The van der Waals surface area contributed by atoms with E-state index >= 15 is 0 Å². The normalized spacial score (nSPS) is 11.7. The lowest BCUT2D eigenvalue weighted by Gasteiger charge is -2.08. The number of aryl methyl sites for hydroxylation is 1. The average molecular weight is 366 g/mol. The van der Waals surface area contributed by atoms with Gasteiger partial charge in [-0.15, -0.1) is 0 Å². The molecule has 5 nitrogen and oxygen atoms in total. The van der Waals surface area contributed by atoms with Gasteiger partial charge in [0.25, 0.3) is 10.0 Å². The molecule has 2 N–H and O–H groups in total. The number of imidazole rings is 1. The predicted octanol–water partition coefficient (Wildman–Crippen LogP) is 3.43. The van der Waals surface area contributed by atoms with Crippen molar-refractivity contribution in [1.29, 1.82) is 0 Å². The van der Waals surface area contributed by atoms with Crippen LogP contribution in [0.15, 0.2) is 51.8 Å². The Morgan fingerprint density at radius 1 is 1.19 bits per heavy atom. The minimum atomic E-state index is -3.69. The Labute approximate surface area is 130 Å². The monoisotopic (exact) mass is 365 g/mol. The number of H-pyrrole nitrogens is 1. The number of nitrogens with one attached hydrogen (secondary N) is 2. The van der Waals surface area contributed by atoms with Crippen molar-refractivity contribution in [3.05, 3.63) is 52.5 Å². The maximum Gasteiger partial charge on any atom is 0.264 e. The van der Waals surface area contributed by atoms with Gasteiger partial charge in [0.1, 0.15) is 0 Å². The fourth-order valence-corrected chi connectivity index (χ4v) is 3.79. The highest BCUT2D eigenvalue weighted by Crippen LogP contribution is 2.23. The number of benzene rings is 2. The van der Waals surface area contributed by atoms with Crippen molar-refractivity contribution in [3.63, 3.8) is 0 Å². The smallest absolute Gasteiger partial charge is 0.264 e. The van der Waals surface area contributed by atoms with Crippen LogP contribution in [0.25, 0.3) is 11.0 Å². The molecule has 7 heteroatoms. The number of hydrogen-bond donors (Lipinski definition) is 2. The molecule has 0 spiro atoms. The van der Waals surface area contributed by atoms with Crippen molar-refractivity contribution >= 4 is 42.9 Å². The Balaban J connectivity index is 2.01. The van der Waals surface area contributed by atoms with Crippen LogP contribution in [0.1, 0.15) is 5.56 Å². The third-order valence-electron chi connectivity index (χ3n) is 3.06. The quantitative estimate of drug-likeness (QED) is 0.746. The molecule has 0 atom stereocenters. The van der Waals surface area contributed by atoms with E-state index in [1.54, 1.807) is 25.1 Å². The first-order valence-corrected chi connectivity index (χ1v) is 8.47. The lowest BCUT2D eigenvalue weighted by molar-refractivity contribution is 0.600. The number of aromatic amines is 1. The molecule has 1 aromatic heterocycles. The number of rotatable bonds is 3. The van der Waals surface area contributed by atoms with E-state index < -0.39 is 10.0 Å². The highest BCUT2D eigenvalue weighted by atomic mass is 79.9. The summed E-state index contributed by atoms with van der Waals surface area (Å²) in [6, 6.07) is 12.5.